The highest BCUT2D eigenvalue weighted by molar-refractivity contribution is 5.00. The Morgan fingerprint density at radius 1 is 1.17 bits per heavy atom. The van der Waals surface area contributed by atoms with Gasteiger partial charge in [-0.3, -0.25) is 4.68 Å². The maximum Gasteiger partial charge on any atom is 0.0522 e. The minimum absolute atomic E-state index is 0.689. The van der Waals surface area contributed by atoms with Gasteiger partial charge in [0.2, 0.25) is 0 Å². The van der Waals surface area contributed by atoms with Crippen LogP contribution in [-0.4, -0.2) is 16.3 Å². The summed E-state index contributed by atoms with van der Waals surface area (Å²) in [5.74, 6) is 2.15. The summed E-state index contributed by atoms with van der Waals surface area (Å²) in [6.45, 7) is 14.4. The molecule has 1 unspecified atom stereocenters. The molecular formula is C15H29N3. The standard InChI is InChI=1S/C15H29N3/c1-12(2)8-14(5)11-18-15(6-7-17-18)10-16-9-13(3)4/h6-7,12-14,16H,8-11H2,1-5H3. The SMILES string of the molecule is CC(C)CNCc1ccnn1CC(C)CC(C)C. The molecule has 0 saturated carbocycles. The molecule has 18 heavy (non-hydrogen) atoms. The van der Waals surface area contributed by atoms with Crippen molar-refractivity contribution in [3.63, 3.8) is 0 Å². The predicted octanol–water partition coefficient (Wildman–Crippen LogP) is 3.31. The topological polar surface area (TPSA) is 29.9 Å². The van der Waals surface area contributed by atoms with Crippen LogP contribution in [0.4, 0.5) is 0 Å². The molecule has 0 fully saturated rings. The van der Waals surface area contributed by atoms with Crippen molar-refractivity contribution in [2.75, 3.05) is 6.54 Å². The van der Waals surface area contributed by atoms with Gasteiger partial charge in [-0.05, 0) is 36.8 Å². The van der Waals surface area contributed by atoms with E-state index in [1.54, 1.807) is 0 Å². The van der Waals surface area contributed by atoms with E-state index in [1.807, 2.05) is 6.20 Å². The fraction of sp³-hybridized carbons (Fsp3) is 0.800. The normalized spacial score (nSPS) is 13.5. The van der Waals surface area contributed by atoms with Gasteiger partial charge in [0.05, 0.1) is 5.69 Å². The summed E-state index contributed by atoms with van der Waals surface area (Å²) in [7, 11) is 0. The molecule has 0 aliphatic rings. The second-order valence-corrected chi connectivity index (χ2v) is 6.26. The lowest BCUT2D eigenvalue weighted by atomic mass is 9.99. The summed E-state index contributed by atoms with van der Waals surface area (Å²) < 4.78 is 2.15. The molecule has 1 rings (SSSR count). The third-order valence-electron chi connectivity index (χ3n) is 3.02. The first-order chi connectivity index (χ1) is 8.49. The third kappa shape index (κ3) is 5.67. The van der Waals surface area contributed by atoms with Crippen LogP contribution in [0.3, 0.4) is 0 Å². The molecule has 0 radical (unpaired) electrons. The zero-order valence-corrected chi connectivity index (χ0v) is 12.6. The highest BCUT2D eigenvalue weighted by Crippen LogP contribution is 2.14. The zero-order valence-electron chi connectivity index (χ0n) is 12.6. The third-order valence-corrected chi connectivity index (χ3v) is 3.02. The van der Waals surface area contributed by atoms with E-state index in [9.17, 15) is 0 Å². The van der Waals surface area contributed by atoms with Gasteiger partial charge < -0.3 is 5.32 Å². The van der Waals surface area contributed by atoms with Crippen LogP contribution in [0.5, 0.6) is 0 Å². The quantitative estimate of drug-likeness (QED) is 0.768. The minimum atomic E-state index is 0.689. The van der Waals surface area contributed by atoms with Gasteiger partial charge in [-0.1, -0.05) is 34.6 Å². The fourth-order valence-electron chi connectivity index (χ4n) is 2.34. The van der Waals surface area contributed by atoms with Gasteiger partial charge >= 0.3 is 0 Å². The summed E-state index contributed by atoms with van der Waals surface area (Å²) in [5, 5.41) is 7.92. The Hall–Kier alpha value is -0.830. The number of nitrogens with zero attached hydrogens (tertiary/aromatic N) is 2. The maximum absolute atomic E-state index is 4.44. The molecule has 0 spiro atoms. The lowest BCUT2D eigenvalue weighted by molar-refractivity contribution is 0.365. The molecule has 0 aromatic carbocycles. The van der Waals surface area contributed by atoms with Crippen LogP contribution in [0.25, 0.3) is 0 Å². The Bertz CT molecular complexity index is 328. The Morgan fingerprint density at radius 2 is 1.89 bits per heavy atom. The van der Waals surface area contributed by atoms with E-state index in [2.05, 4.69) is 55.8 Å². The van der Waals surface area contributed by atoms with E-state index in [0.717, 1.165) is 25.6 Å². The van der Waals surface area contributed by atoms with Crippen LogP contribution in [0, 0.1) is 17.8 Å². The summed E-state index contributed by atoms with van der Waals surface area (Å²) in [6, 6.07) is 2.12. The van der Waals surface area contributed by atoms with Crippen LogP contribution in [0.1, 0.15) is 46.7 Å². The van der Waals surface area contributed by atoms with E-state index in [-0.39, 0.29) is 0 Å². The van der Waals surface area contributed by atoms with Gasteiger partial charge in [0.15, 0.2) is 0 Å². The number of aromatic nitrogens is 2. The molecule has 3 heteroatoms. The van der Waals surface area contributed by atoms with E-state index in [1.165, 1.54) is 12.1 Å². The van der Waals surface area contributed by atoms with Crippen molar-refractivity contribution < 1.29 is 0 Å². The summed E-state index contributed by atoms with van der Waals surface area (Å²) in [5.41, 5.74) is 1.30. The van der Waals surface area contributed by atoms with Gasteiger partial charge in [-0.2, -0.15) is 5.10 Å². The first-order valence-corrected chi connectivity index (χ1v) is 7.20. The first-order valence-electron chi connectivity index (χ1n) is 7.20. The van der Waals surface area contributed by atoms with Crippen molar-refractivity contribution >= 4 is 0 Å². The van der Waals surface area contributed by atoms with Crippen molar-refractivity contribution in [2.45, 2.75) is 54.1 Å². The molecule has 0 amide bonds. The van der Waals surface area contributed by atoms with E-state index >= 15 is 0 Å². The Morgan fingerprint density at radius 3 is 2.50 bits per heavy atom. The molecule has 0 saturated heterocycles. The molecule has 104 valence electrons. The first kappa shape index (κ1) is 15.2. The van der Waals surface area contributed by atoms with Crippen LogP contribution in [0.15, 0.2) is 12.3 Å². The van der Waals surface area contributed by atoms with E-state index in [4.69, 9.17) is 0 Å². The number of hydrogen-bond donors (Lipinski definition) is 1. The highest BCUT2D eigenvalue weighted by atomic mass is 15.3. The summed E-state index contributed by atoms with van der Waals surface area (Å²) in [6.07, 6.45) is 3.17. The smallest absolute Gasteiger partial charge is 0.0522 e. The van der Waals surface area contributed by atoms with Crippen molar-refractivity contribution in [2.24, 2.45) is 17.8 Å². The lowest BCUT2D eigenvalue weighted by Crippen LogP contribution is -2.22. The van der Waals surface area contributed by atoms with E-state index in [0.29, 0.717) is 11.8 Å². The number of rotatable bonds is 8. The highest BCUT2D eigenvalue weighted by Gasteiger charge is 2.09. The van der Waals surface area contributed by atoms with E-state index < -0.39 is 0 Å². The second-order valence-electron chi connectivity index (χ2n) is 6.26. The summed E-state index contributed by atoms with van der Waals surface area (Å²) in [4.78, 5) is 0. The number of nitrogens with one attached hydrogen (secondary N) is 1. The van der Waals surface area contributed by atoms with Crippen molar-refractivity contribution in [3.8, 4) is 0 Å². The van der Waals surface area contributed by atoms with Gasteiger partial charge in [0, 0.05) is 19.3 Å². The van der Waals surface area contributed by atoms with Crippen molar-refractivity contribution in [1.29, 1.82) is 0 Å². The van der Waals surface area contributed by atoms with Crippen LogP contribution < -0.4 is 5.32 Å². The molecule has 3 nitrogen and oxygen atoms in total. The fourth-order valence-corrected chi connectivity index (χ4v) is 2.34. The average Bonchev–Trinajstić information content (AvgIpc) is 2.63. The lowest BCUT2D eigenvalue weighted by Gasteiger charge is -2.16. The average molecular weight is 251 g/mol. The van der Waals surface area contributed by atoms with Crippen LogP contribution in [0.2, 0.25) is 0 Å². The van der Waals surface area contributed by atoms with Crippen molar-refractivity contribution in [3.05, 3.63) is 18.0 Å². The van der Waals surface area contributed by atoms with Gasteiger partial charge in [0.25, 0.3) is 0 Å². The Balaban J connectivity index is 2.44. The molecule has 1 aromatic heterocycles. The molecule has 1 N–H and O–H groups in total. The van der Waals surface area contributed by atoms with Crippen LogP contribution in [-0.2, 0) is 13.1 Å². The molecule has 0 bridgehead atoms. The minimum Gasteiger partial charge on any atom is -0.311 e. The maximum atomic E-state index is 4.44. The molecule has 1 heterocycles. The Kier molecular flexibility index (Phi) is 6.41. The monoisotopic (exact) mass is 251 g/mol. The van der Waals surface area contributed by atoms with Crippen molar-refractivity contribution in [1.82, 2.24) is 15.1 Å². The molecule has 0 aliphatic heterocycles. The Labute approximate surface area is 112 Å². The van der Waals surface area contributed by atoms with Gasteiger partial charge in [0.1, 0.15) is 0 Å². The molecule has 0 aliphatic carbocycles. The molecule has 1 atom stereocenters. The van der Waals surface area contributed by atoms with Gasteiger partial charge in [-0.25, -0.2) is 0 Å². The molecular weight excluding hydrogens is 222 g/mol. The predicted molar refractivity (Wildman–Crippen MR) is 77.4 cm³/mol. The molecule has 1 aromatic rings. The largest absolute Gasteiger partial charge is 0.311 e. The number of hydrogen-bond acceptors (Lipinski definition) is 2. The zero-order chi connectivity index (χ0) is 13.5. The van der Waals surface area contributed by atoms with Crippen LogP contribution >= 0.6 is 0 Å². The second kappa shape index (κ2) is 7.57. The van der Waals surface area contributed by atoms with Gasteiger partial charge in [-0.15, -0.1) is 0 Å². The summed E-state index contributed by atoms with van der Waals surface area (Å²) >= 11 is 0.